The molecule has 0 amide bonds. The Morgan fingerprint density at radius 3 is 2.74 bits per heavy atom. The Labute approximate surface area is 268 Å². The number of aliphatic hydroxyl groups excluding tert-OH is 2. The minimum Gasteiger partial charge on any atom is -0.423 e. The molecular formula is C34H44N6O6. The van der Waals surface area contributed by atoms with Crippen molar-refractivity contribution in [1.29, 1.82) is 0 Å². The van der Waals surface area contributed by atoms with Gasteiger partial charge in [-0.15, -0.1) is 0 Å². The van der Waals surface area contributed by atoms with Gasteiger partial charge >= 0.3 is 5.97 Å². The second kappa shape index (κ2) is 12.7. The number of morpholine rings is 1. The van der Waals surface area contributed by atoms with E-state index in [0.29, 0.717) is 37.4 Å². The summed E-state index contributed by atoms with van der Waals surface area (Å²) in [5.74, 6) is 0.212. The lowest BCUT2D eigenvalue weighted by molar-refractivity contribution is -0.163. The molecule has 0 radical (unpaired) electrons. The molecule has 2 saturated carbocycles. The first-order valence-corrected chi connectivity index (χ1v) is 16.0. The van der Waals surface area contributed by atoms with Crippen molar-refractivity contribution < 1.29 is 24.5 Å². The highest BCUT2D eigenvalue weighted by Gasteiger charge is 2.60. The maximum Gasteiger partial charge on any atom is 0.341 e. The number of aromatic amines is 1. The number of nitrogens with one attached hydrogen (secondary N) is 2. The van der Waals surface area contributed by atoms with Crippen LogP contribution in [0.5, 0.6) is 0 Å². The maximum absolute atomic E-state index is 13.5. The molecule has 4 heterocycles. The zero-order chi connectivity index (χ0) is 32.6. The van der Waals surface area contributed by atoms with Gasteiger partial charge in [0.25, 0.3) is 5.56 Å². The van der Waals surface area contributed by atoms with Crippen molar-refractivity contribution >= 4 is 23.8 Å². The van der Waals surface area contributed by atoms with Crippen LogP contribution in [0.3, 0.4) is 0 Å². The van der Waals surface area contributed by atoms with Crippen LogP contribution in [0.2, 0.25) is 0 Å². The third kappa shape index (κ3) is 5.90. The number of allylic oxidation sites excluding steroid dienone is 1. The van der Waals surface area contributed by atoms with Crippen molar-refractivity contribution in [1.82, 2.24) is 19.9 Å². The van der Waals surface area contributed by atoms with E-state index in [4.69, 9.17) is 21.8 Å². The fraction of sp³-hybridized carbons (Fsp3) is 0.529. The average Bonchev–Trinajstić information content (AvgIpc) is 3.42. The summed E-state index contributed by atoms with van der Waals surface area (Å²) in [4.78, 5) is 39.3. The summed E-state index contributed by atoms with van der Waals surface area (Å²) >= 11 is 0. The third-order valence-electron chi connectivity index (χ3n) is 11.0. The van der Waals surface area contributed by atoms with Crippen molar-refractivity contribution in [3.8, 4) is 0 Å². The predicted octanol–water partition coefficient (Wildman–Crippen LogP) is 2.49. The van der Waals surface area contributed by atoms with Crippen LogP contribution in [0.1, 0.15) is 45.1 Å². The molecule has 246 valence electrons. The summed E-state index contributed by atoms with van der Waals surface area (Å²) in [6, 6.07) is 5.06. The number of H-pyrrole nitrogens is 1. The highest BCUT2D eigenvalue weighted by atomic mass is 16.5. The van der Waals surface area contributed by atoms with Crippen LogP contribution in [-0.2, 0) is 14.3 Å². The van der Waals surface area contributed by atoms with Crippen LogP contribution in [0.4, 0.5) is 11.8 Å². The molecule has 4 unspecified atom stereocenters. The van der Waals surface area contributed by atoms with Gasteiger partial charge < -0.3 is 30.7 Å². The van der Waals surface area contributed by atoms with Crippen LogP contribution in [0, 0.1) is 22.7 Å². The molecule has 1 saturated heterocycles. The molecule has 7 atom stereocenters. The second-order valence-corrected chi connectivity index (χ2v) is 13.5. The van der Waals surface area contributed by atoms with E-state index in [1.807, 2.05) is 25.1 Å². The zero-order valence-corrected chi connectivity index (χ0v) is 26.4. The fourth-order valence-corrected chi connectivity index (χ4v) is 8.35. The van der Waals surface area contributed by atoms with Crippen LogP contribution >= 0.6 is 0 Å². The summed E-state index contributed by atoms with van der Waals surface area (Å²) in [5.41, 5.74) is 5.84. The number of hydrogen-bond acceptors (Lipinski definition) is 11. The van der Waals surface area contributed by atoms with E-state index < -0.39 is 29.1 Å². The Bertz CT molecular complexity index is 1590. The van der Waals surface area contributed by atoms with Gasteiger partial charge in [-0.25, -0.2) is 14.8 Å². The fourth-order valence-electron chi connectivity index (χ4n) is 8.35. The topological polar surface area (TPSA) is 176 Å². The van der Waals surface area contributed by atoms with Gasteiger partial charge in [-0.2, -0.15) is 0 Å². The molecule has 12 nitrogen and oxygen atoms in total. The van der Waals surface area contributed by atoms with Gasteiger partial charge in [0.15, 0.2) is 5.95 Å². The molecule has 46 heavy (non-hydrogen) atoms. The Morgan fingerprint density at radius 2 is 2.04 bits per heavy atom. The van der Waals surface area contributed by atoms with Crippen molar-refractivity contribution in [3.63, 3.8) is 0 Å². The minimum absolute atomic E-state index is 0.00250. The van der Waals surface area contributed by atoms with Gasteiger partial charge in [-0.3, -0.25) is 14.7 Å². The third-order valence-corrected chi connectivity index (χ3v) is 11.0. The molecule has 0 spiro atoms. The van der Waals surface area contributed by atoms with E-state index in [1.165, 1.54) is 12.3 Å². The Hall–Kier alpha value is -3.84. The Kier molecular flexibility index (Phi) is 8.90. The maximum atomic E-state index is 13.5. The number of nitrogen functional groups attached to an aromatic ring is 1. The molecule has 3 fully saturated rings. The van der Waals surface area contributed by atoms with Crippen molar-refractivity contribution in [3.05, 3.63) is 76.1 Å². The lowest BCUT2D eigenvalue weighted by Gasteiger charge is -2.62. The molecular weight excluding hydrogens is 588 g/mol. The van der Waals surface area contributed by atoms with Gasteiger partial charge in [-0.05, 0) is 67.2 Å². The number of nitrogens with two attached hydrogens (primary N) is 1. The molecule has 0 aromatic carbocycles. The van der Waals surface area contributed by atoms with E-state index in [-0.39, 0.29) is 47.2 Å². The molecule has 12 heteroatoms. The monoisotopic (exact) mass is 632 g/mol. The van der Waals surface area contributed by atoms with Crippen molar-refractivity contribution in [2.75, 3.05) is 44.0 Å². The van der Waals surface area contributed by atoms with E-state index >= 15 is 0 Å². The lowest BCUT2D eigenvalue weighted by Crippen LogP contribution is -2.62. The number of aliphatic hydroxyl groups is 2. The number of pyridine rings is 1. The van der Waals surface area contributed by atoms with E-state index in [2.05, 4.69) is 32.1 Å². The number of nitrogens with zero attached hydrogens (tertiary/aromatic N) is 3. The number of esters is 1. The Balaban J connectivity index is 1.40. The predicted molar refractivity (Wildman–Crippen MR) is 173 cm³/mol. The largest absolute Gasteiger partial charge is 0.423 e. The van der Waals surface area contributed by atoms with Gasteiger partial charge in [0, 0.05) is 36.9 Å². The highest BCUT2D eigenvalue weighted by Crippen LogP contribution is 2.62. The van der Waals surface area contributed by atoms with Crippen LogP contribution < -0.4 is 16.6 Å². The minimum atomic E-state index is -0.692. The molecule has 6 N–H and O–H groups in total. The van der Waals surface area contributed by atoms with E-state index in [1.54, 1.807) is 12.3 Å². The molecule has 0 bridgehead atoms. The molecule has 2 aliphatic heterocycles. The molecule has 2 aromatic heterocycles. The normalized spacial score (nSPS) is 33.3. The number of aromatic nitrogens is 3. The number of rotatable bonds is 8. The van der Waals surface area contributed by atoms with Crippen molar-refractivity contribution in [2.24, 2.45) is 22.7 Å². The van der Waals surface area contributed by atoms with Gasteiger partial charge in [0.2, 0.25) is 0 Å². The number of carbonyl (C=O) groups is 1. The molecule has 2 aliphatic carbocycles. The van der Waals surface area contributed by atoms with E-state index in [9.17, 15) is 19.8 Å². The number of carbonyl (C=O) groups excluding carboxylic acids is 1. The summed E-state index contributed by atoms with van der Waals surface area (Å²) in [6.45, 7) is 11.7. The van der Waals surface area contributed by atoms with Crippen LogP contribution in [0.15, 0.2) is 64.9 Å². The first-order chi connectivity index (χ1) is 22.0. The first-order valence-electron chi connectivity index (χ1n) is 16.0. The number of cyclic esters (lactones) is 1. The lowest BCUT2D eigenvalue weighted by atomic mass is 9.45. The second-order valence-electron chi connectivity index (χ2n) is 13.5. The zero-order valence-electron chi connectivity index (χ0n) is 26.4. The van der Waals surface area contributed by atoms with Gasteiger partial charge in [-0.1, -0.05) is 32.1 Å². The van der Waals surface area contributed by atoms with Gasteiger partial charge in [0.1, 0.15) is 11.6 Å². The summed E-state index contributed by atoms with van der Waals surface area (Å²) in [7, 11) is 0. The highest BCUT2D eigenvalue weighted by molar-refractivity contribution is 5.95. The molecule has 4 aliphatic rings. The number of ether oxygens (including phenoxy) is 2. The van der Waals surface area contributed by atoms with E-state index in [0.717, 1.165) is 31.5 Å². The SMILES string of the molecule is C=C1C(N2CCOCC2)CC2[C@](C)(CC[C@@H](O)[C@@]2(C)CO)C1CC(Nc1ccccn1)C1=CC(=Cc2cnc(N)[nH]c2=O)OC1=O. The van der Waals surface area contributed by atoms with Crippen LogP contribution in [-0.4, -0.2) is 87.1 Å². The van der Waals surface area contributed by atoms with Crippen molar-refractivity contribution in [2.45, 2.75) is 57.7 Å². The van der Waals surface area contributed by atoms with Crippen LogP contribution in [0.25, 0.3) is 6.08 Å². The van der Waals surface area contributed by atoms with Gasteiger partial charge in [0.05, 0.1) is 43.1 Å². The quantitative estimate of drug-likeness (QED) is 0.214. The smallest absolute Gasteiger partial charge is 0.341 e. The molecule has 6 rings (SSSR count). The standard InChI is InChI=1S/C34H44N6O6/c1-20-24(33(2)8-7-28(42)34(3,19-41)27(33)17-26(20)40-10-12-45-13-11-40)16-25(38-29-6-4-5-9-36-29)23-15-22(46-31(23)44)14-21-18-37-32(35)39-30(21)43/h4-6,9,14-15,18,24-28,41-42H,1,7-8,10-13,16-17,19H2,2-3H3,(H,36,38)(H3,35,37,39,43)/t24?,25?,26?,27?,28-,33-,34+/m1/s1. The number of hydrogen-bond donors (Lipinski definition) is 5. The average molecular weight is 633 g/mol. The Morgan fingerprint density at radius 1 is 1.26 bits per heavy atom. The number of anilines is 2. The first kappa shape index (κ1) is 32.1. The molecule has 2 aromatic rings. The summed E-state index contributed by atoms with van der Waals surface area (Å²) in [6.07, 6.45) is 8.12. The summed E-state index contributed by atoms with van der Waals surface area (Å²) < 4.78 is 11.3. The number of fused-ring (bicyclic) bond motifs is 1. The summed E-state index contributed by atoms with van der Waals surface area (Å²) in [5, 5.41) is 25.5.